The van der Waals surface area contributed by atoms with E-state index in [9.17, 15) is 9.59 Å². The minimum Gasteiger partial charge on any atom is -0.481 e. The van der Waals surface area contributed by atoms with Gasteiger partial charge < -0.3 is 14.6 Å². The number of carbonyl (C=O) groups excluding carboxylic acids is 1. The lowest BCUT2D eigenvalue weighted by Crippen LogP contribution is -2.26. The van der Waals surface area contributed by atoms with E-state index < -0.39 is 17.5 Å². The number of esters is 1. The maximum Gasteiger partial charge on any atom is 0.332 e. The first kappa shape index (κ1) is 17.5. The van der Waals surface area contributed by atoms with Crippen molar-refractivity contribution in [2.24, 2.45) is 0 Å². The monoisotopic (exact) mass is 312 g/mol. The zero-order valence-corrected chi connectivity index (χ0v) is 13.3. The second kappa shape index (κ2) is 7.47. The molecule has 0 saturated heterocycles. The summed E-state index contributed by atoms with van der Waals surface area (Å²) < 4.78 is 10.4. The van der Waals surface area contributed by atoms with Crippen LogP contribution >= 0.6 is 12.6 Å². The van der Waals surface area contributed by atoms with Gasteiger partial charge in [-0.05, 0) is 44.0 Å². The second-order valence-corrected chi connectivity index (χ2v) is 6.17. The summed E-state index contributed by atoms with van der Waals surface area (Å²) in [6.45, 7) is 5.40. The smallest absolute Gasteiger partial charge is 0.332 e. The summed E-state index contributed by atoms with van der Waals surface area (Å²) in [5, 5.41) is 8.79. The number of carbonyl (C=O) groups is 2. The molecule has 116 valence electrons. The van der Waals surface area contributed by atoms with Gasteiger partial charge in [0.2, 0.25) is 0 Å². The molecule has 1 rings (SSSR count). The first-order valence-electron chi connectivity index (χ1n) is 6.49. The molecule has 0 heterocycles. The van der Waals surface area contributed by atoms with Crippen LogP contribution in [0, 0.1) is 0 Å². The van der Waals surface area contributed by atoms with Crippen molar-refractivity contribution in [1.29, 1.82) is 0 Å². The minimum atomic E-state index is -0.908. The van der Waals surface area contributed by atoms with Crippen molar-refractivity contribution in [3.63, 3.8) is 0 Å². The van der Waals surface area contributed by atoms with Crippen LogP contribution in [0.2, 0.25) is 0 Å². The van der Waals surface area contributed by atoms with E-state index in [4.69, 9.17) is 14.6 Å². The topological polar surface area (TPSA) is 72.8 Å². The summed E-state index contributed by atoms with van der Waals surface area (Å²) in [7, 11) is 0. The van der Waals surface area contributed by atoms with Crippen molar-refractivity contribution in [3.05, 3.63) is 29.3 Å². The normalized spacial score (nSPS) is 11.2. The molecule has 0 unspecified atom stereocenters. The molecule has 0 atom stereocenters. The zero-order valence-electron chi connectivity index (χ0n) is 12.4. The van der Waals surface area contributed by atoms with Crippen LogP contribution in [0.25, 0.3) is 0 Å². The highest BCUT2D eigenvalue weighted by Crippen LogP contribution is 2.15. The Balaban J connectivity index is 2.54. The molecule has 1 aromatic rings. The Morgan fingerprint density at radius 2 is 1.81 bits per heavy atom. The quantitative estimate of drug-likeness (QED) is 0.623. The lowest BCUT2D eigenvalue weighted by Gasteiger charge is -2.19. The molecule has 6 heteroatoms. The van der Waals surface area contributed by atoms with E-state index in [1.54, 1.807) is 39.0 Å². The standard InChI is InChI=1S/C15H20O5S/c1-15(2,3)20-14(18)9-19-8-11-4-10(7-13(16)17)5-12(21)6-11/h4-6,21H,7-9H2,1-3H3,(H,16,17). The first-order valence-corrected chi connectivity index (χ1v) is 6.93. The number of hydrogen-bond donors (Lipinski definition) is 2. The van der Waals surface area contributed by atoms with Crippen molar-refractivity contribution in [2.75, 3.05) is 6.61 Å². The molecule has 1 aromatic carbocycles. The van der Waals surface area contributed by atoms with Gasteiger partial charge in [0, 0.05) is 4.90 Å². The number of carboxylic acid groups (broad SMARTS) is 1. The lowest BCUT2D eigenvalue weighted by atomic mass is 10.1. The van der Waals surface area contributed by atoms with Gasteiger partial charge >= 0.3 is 11.9 Å². The van der Waals surface area contributed by atoms with E-state index >= 15 is 0 Å². The number of thiol groups is 1. The predicted molar refractivity (Wildman–Crippen MR) is 80.5 cm³/mol. The van der Waals surface area contributed by atoms with E-state index in [1.807, 2.05) is 0 Å². The van der Waals surface area contributed by atoms with Gasteiger partial charge in [-0.3, -0.25) is 4.79 Å². The molecular formula is C15H20O5S. The Bertz CT molecular complexity index is 519. The number of hydrogen-bond acceptors (Lipinski definition) is 5. The number of carboxylic acids is 1. The molecule has 0 radical (unpaired) electrons. The van der Waals surface area contributed by atoms with Crippen molar-refractivity contribution >= 4 is 24.6 Å². The minimum absolute atomic E-state index is 0.0759. The van der Waals surface area contributed by atoms with E-state index in [0.29, 0.717) is 10.5 Å². The Kier molecular flexibility index (Phi) is 6.23. The molecule has 5 nitrogen and oxygen atoms in total. The van der Waals surface area contributed by atoms with Crippen LogP contribution in [-0.2, 0) is 32.1 Å². The number of ether oxygens (including phenoxy) is 2. The van der Waals surface area contributed by atoms with Crippen molar-refractivity contribution in [2.45, 2.75) is 44.3 Å². The van der Waals surface area contributed by atoms with E-state index in [1.165, 1.54) is 0 Å². The van der Waals surface area contributed by atoms with Crippen LogP contribution in [0.1, 0.15) is 31.9 Å². The Labute approximate surface area is 129 Å². The average molecular weight is 312 g/mol. The fourth-order valence-corrected chi connectivity index (χ4v) is 2.06. The fraction of sp³-hybridized carbons (Fsp3) is 0.467. The SMILES string of the molecule is CC(C)(C)OC(=O)COCc1cc(S)cc(CC(=O)O)c1. The van der Waals surface area contributed by atoms with Crippen LogP contribution < -0.4 is 0 Å². The average Bonchev–Trinajstić information content (AvgIpc) is 2.24. The molecule has 21 heavy (non-hydrogen) atoms. The van der Waals surface area contributed by atoms with Gasteiger partial charge in [-0.1, -0.05) is 6.07 Å². The number of rotatable bonds is 6. The highest BCUT2D eigenvalue weighted by molar-refractivity contribution is 7.80. The summed E-state index contributed by atoms with van der Waals surface area (Å²) >= 11 is 4.22. The maximum absolute atomic E-state index is 11.5. The molecular weight excluding hydrogens is 292 g/mol. The summed E-state index contributed by atoms with van der Waals surface area (Å²) in [5.41, 5.74) is 0.869. The number of benzene rings is 1. The van der Waals surface area contributed by atoms with Crippen LogP contribution in [0.3, 0.4) is 0 Å². The molecule has 0 aliphatic rings. The van der Waals surface area contributed by atoms with Gasteiger partial charge in [0.1, 0.15) is 12.2 Å². The van der Waals surface area contributed by atoms with Crippen molar-refractivity contribution < 1.29 is 24.2 Å². The van der Waals surface area contributed by atoms with Gasteiger partial charge in [0.15, 0.2) is 0 Å². The summed E-state index contributed by atoms with van der Waals surface area (Å²) in [6, 6.07) is 5.18. The van der Waals surface area contributed by atoms with Gasteiger partial charge in [0.25, 0.3) is 0 Å². The van der Waals surface area contributed by atoms with E-state index in [-0.39, 0.29) is 19.6 Å². The van der Waals surface area contributed by atoms with Gasteiger partial charge in [-0.15, -0.1) is 12.6 Å². The molecule has 1 N–H and O–H groups in total. The summed E-state index contributed by atoms with van der Waals surface area (Å²) in [5.74, 6) is -1.34. The lowest BCUT2D eigenvalue weighted by molar-refractivity contribution is -0.160. The number of aliphatic carboxylic acids is 1. The second-order valence-electron chi connectivity index (χ2n) is 5.66. The van der Waals surface area contributed by atoms with Gasteiger partial charge in [0.05, 0.1) is 13.0 Å². The maximum atomic E-state index is 11.5. The molecule has 0 aliphatic heterocycles. The highest BCUT2D eigenvalue weighted by atomic mass is 32.1. The Morgan fingerprint density at radius 1 is 1.19 bits per heavy atom. The Hall–Kier alpha value is -1.53. The highest BCUT2D eigenvalue weighted by Gasteiger charge is 2.16. The van der Waals surface area contributed by atoms with E-state index in [0.717, 1.165) is 5.56 Å². The van der Waals surface area contributed by atoms with Crippen LogP contribution in [0.5, 0.6) is 0 Å². The molecule has 0 bridgehead atoms. The summed E-state index contributed by atoms with van der Waals surface area (Å²) in [4.78, 5) is 22.9. The van der Waals surface area contributed by atoms with E-state index in [2.05, 4.69) is 12.6 Å². The van der Waals surface area contributed by atoms with Crippen molar-refractivity contribution in [3.8, 4) is 0 Å². The third-order valence-corrected chi connectivity index (χ3v) is 2.56. The molecule has 0 fully saturated rings. The fourth-order valence-electron chi connectivity index (χ4n) is 1.73. The Morgan fingerprint density at radius 3 is 2.38 bits per heavy atom. The predicted octanol–water partition coefficient (Wildman–Crippen LogP) is 2.46. The molecule has 0 saturated carbocycles. The third kappa shape index (κ3) is 7.72. The van der Waals surface area contributed by atoms with Crippen LogP contribution in [-0.4, -0.2) is 29.3 Å². The summed E-state index contributed by atoms with van der Waals surface area (Å²) in [6.07, 6.45) is -0.0759. The van der Waals surface area contributed by atoms with Gasteiger partial charge in [-0.2, -0.15) is 0 Å². The molecule has 0 spiro atoms. The van der Waals surface area contributed by atoms with Crippen molar-refractivity contribution in [1.82, 2.24) is 0 Å². The molecule has 0 aromatic heterocycles. The first-order chi connectivity index (χ1) is 9.65. The molecule has 0 aliphatic carbocycles. The largest absolute Gasteiger partial charge is 0.481 e. The van der Waals surface area contributed by atoms with Gasteiger partial charge in [-0.25, -0.2) is 4.79 Å². The van der Waals surface area contributed by atoms with Crippen LogP contribution in [0.15, 0.2) is 23.1 Å². The zero-order chi connectivity index (χ0) is 16.0. The third-order valence-electron chi connectivity index (χ3n) is 2.30. The van der Waals surface area contributed by atoms with Crippen LogP contribution in [0.4, 0.5) is 0 Å². The molecule has 0 amide bonds.